The van der Waals surface area contributed by atoms with Gasteiger partial charge in [-0.25, -0.2) is 0 Å². The van der Waals surface area contributed by atoms with Crippen molar-refractivity contribution in [2.24, 2.45) is 28.7 Å². The average Bonchev–Trinajstić information content (AvgIpc) is 3.16. The van der Waals surface area contributed by atoms with Gasteiger partial charge < -0.3 is 16.4 Å². The van der Waals surface area contributed by atoms with Gasteiger partial charge in [0.2, 0.25) is 5.91 Å². The van der Waals surface area contributed by atoms with E-state index in [0.29, 0.717) is 17.7 Å². The molecule has 0 radical (unpaired) electrons. The van der Waals surface area contributed by atoms with Crippen LogP contribution in [0, 0.1) is 17.3 Å². The number of carbonyl (C=O) groups excluding carboxylic acids is 1. The van der Waals surface area contributed by atoms with Gasteiger partial charge in [0, 0.05) is 30.1 Å². The summed E-state index contributed by atoms with van der Waals surface area (Å²) >= 11 is 0. The van der Waals surface area contributed by atoms with Gasteiger partial charge in [-0.1, -0.05) is 19.1 Å². The molecule has 110 valence electrons. The molecule has 20 heavy (non-hydrogen) atoms. The van der Waals surface area contributed by atoms with Crippen molar-refractivity contribution in [1.29, 1.82) is 0 Å². The van der Waals surface area contributed by atoms with Crippen molar-refractivity contribution in [2.45, 2.75) is 38.6 Å². The van der Waals surface area contributed by atoms with Crippen LogP contribution in [0.2, 0.25) is 0 Å². The van der Waals surface area contributed by atoms with E-state index in [4.69, 9.17) is 11.5 Å². The second kappa shape index (κ2) is 4.92. The zero-order valence-corrected chi connectivity index (χ0v) is 12.2. The highest BCUT2D eigenvalue weighted by Crippen LogP contribution is 2.39. The first-order valence-electron chi connectivity index (χ1n) is 7.69. The molecule has 0 spiro atoms. The van der Waals surface area contributed by atoms with E-state index in [0.717, 1.165) is 44.5 Å². The van der Waals surface area contributed by atoms with Crippen LogP contribution in [0.5, 0.6) is 0 Å². The molecule has 1 amide bonds. The summed E-state index contributed by atoms with van der Waals surface area (Å²) in [6.45, 7) is 3.99. The van der Waals surface area contributed by atoms with Gasteiger partial charge in [-0.05, 0) is 37.7 Å². The van der Waals surface area contributed by atoms with E-state index in [2.05, 4.69) is 17.9 Å². The molecule has 0 aromatic carbocycles. The fourth-order valence-electron chi connectivity index (χ4n) is 3.57. The highest BCUT2D eigenvalue weighted by Gasteiger charge is 2.40. The molecule has 2 unspecified atom stereocenters. The highest BCUT2D eigenvalue weighted by atomic mass is 16.2. The fraction of sp³-hybridized carbons (Fsp3) is 0.688. The third-order valence-electron chi connectivity index (χ3n) is 5.09. The maximum atomic E-state index is 12.1. The van der Waals surface area contributed by atoms with E-state index in [1.165, 1.54) is 0 Å². The van der Waals surface area contributed by atoms with Crippen LogP contribution >= 0.6 is 0 Å². The summed E-state index contributed by atoms with van der Waals surface area (Å²) in [5.74, 6) is 1.25. The third kappa shape index (κ3) is 2.49. The number of hydrogen-bond donors (Lipinski definition) is 2. The van der Waals surface area contributed by atoms with Crippen LogP contribution in [0.3, 0.4) is 0 Å². The minimum absolute atomic E-state index is 0.0812. The molecule has 1 saturated carbocycles. The molecule has 0 aromatic heterocycles. The van der Waals surface area contributed by atoms with E-state index < -0.39 is 0 Å². The van der Waals surface area contributed by atoms with Crippen molar-refractivity contribution in [3.05, 3.63) is 23.9 Å². The summed E-state index contributed by atoms with van der Waals surface area (Å²) in [5.41, 5.74) is 12.9. The summed E-state index contributed by atoms with van der Waals surface area (Å²) in [4.78, 5) is 14.2. The lowest BCUT2D eigenvalue weighted by Crippen LogP contribution is -2.45. The van der Waals surface area contributed by atoms with Crippen LogP contribution in [0.1, 0.15) is 32.6 Å². The van der Waals surface area contributed by atoms with Crippen molar-refractivity contribution in [3.8, 4) is 0 Å². The lowest BCUT2D eigenvalue weighted by molar-refractivity contribution is -0.131. The molecular weight excluding hydrogens is 250 g/mol. The molecule has 2 fully saturated rings. The standard InChI is InChI=1S/C16H25N3O/c1-16(7-2-3-13(17)14(16)18)9-11-6-8-19(10-11)15(20)12-4-5-12/h2-3,7,11-12,14H,4-6,8-10,17-18H2,1H3/t11-,14?,16?/m1/s1. The number of allylic oxidation sites excluding steroid dienone is 2. The Hall–Kier alpha value is -1.29. The quantitative estimate of drug-likeness (QED) is 0.817. The Bertz CT molecular complexity index is 466. The molecule has 1 heterocycles. The number of rotatable bonds is 3. The maximum Gasteiger partial charge on any atom is 0.225 e. The van der Waals surface area contributed by atoms with Crippen molar-refractivity contribution in [2.75, 3.05) is 13.1 Å². The van der Waals surface area contributed by atoms with Crippen LogP contribution < -0.4 is 11.5 Å². The number of nitrogens with two attached hydrogens (primary N) is 2. The van der Waals surface area contributed by atoms with Gasteiger partial charge in [-0.3, -0.25) is 4.79 Å². The van der Waals surface area contributed by atoms with E-state index in [1.54, 1.807) is 0 Å². The highest BCUT2D eigenvalue weighted by molar-refractivity contribution is 5.81. The molecule has 0 bridgehead atoms. The summed E-state index contributed by atoms with van der Waals surface area (Å²) < 4.78 is 0. The lowest BCUT2D eigenvalue weighted by Gasteiger charge is -2.37. The number of nitrogens with zero attached hydrogens (tertiary/aromatic N) is 1. The molecule has 4 heteroatoms. The Kier molecular flexibility index (Phi) is 3.36. The molecule has 4 N–H and O–H groups in total. The minimum Gasteiger partial charge on any atom is -0.401 e. The van der Waals surface area contributed by atoms with Crippen molar-refractivity contribution in [1.82, 2.24) is 4.90 Å². The van der Waals surface area contributed by atoms with Gasteiger partial charge in [0.15, 0.2) is 0 Å². The first-order valence-corrected chi connectivity index (χ1v) is 7.69. The van der Waals surface area contributed by atoms with Crippen molar-refractivity contribution < 1.29 is 4.79 Å². The van der Waals surface area contributed by atoms with Gasteiger partial charge in [0.05, 0.1) is 6.04 Å². The van der Waals surface area contributed by atoms with Crippen LogP contribution in [-0.2, 0) is 4.79 Å². The van der Waals surface area contributed by atoms with Crippen LogP contribution in [0.4, 0.5) is 0 Å². The zero-order valence-electron chi connectivity index (χ0n) is 12.2. The van der Waals surface area contributed by atoms with Crippen LogP contribution in [0.25, 0.3) is 0 Å². The van der Waals surface area contributed by atoms with Gasteiger partial charge in [0.1, 0.15) is 0 Å². The lowest BCUT2D eigenvalue weighted by atomic mass is 9.72. The minimum atomic E-state index is -0.110. The number of hydrogen-bond acceptors (Lipinski definition) is 3. The summed E-state index contributed by atoms with van der Waals surface area (Å²) in [5, 5.41) is 0. The van der Waals surface area contributed by atoms with Crippen molar-refractivity contribution in [3.63, 3.8) is 0 Å². The molecule has 3 rings (SSSR count). The van der Waals surface area contributed by atoms with Gasteiger partial charge in [-0.15, -0.1) is 0 Å². The van der Waals surface area contributed by atoms with Gasteiger partial charge >= 0.3 is 0 Å². The molecule has 1 saturated heterocycles. The van der Waals surface area contributed by atoms with Gasteiger partial charge in [0.25, 0.3) is 0 Å². The van der Waals surface area contributed by atoms with E-state index in [9.17, 15) is 4.79 Å². The summed E-state index contributed by atoms with van der Waals surface area (Å²) in [7, 11) is 0. The predicted octanol–water partition coefficient (Wildman–Crippen LogP) is 1.38. The Morgan fingerprint density at radius 1 is 1.45 bits per heavy atom. The van der Waals surface area contributed by atoms with Crippen LogP contribution in [-0.4, -0.2) is 29.9 Å². The molecule has 3 atom stereocenters. The Balaban J connectivity index is 1.60. The first-order chi connectivity index (χ1) is 9.49. The molecular formula is C16H25N3O. The molecule has 4 nitrogen and oxygen atoms in total. The number of carbonyl (C=O) groups is 1. The molecule has 1 aliphatic heterocycles. The molecule has 3 aliphatic rings. The maximum absolute atomic E-state index is 12.1. The number of likely N-dealkylation sites (tertiary alicyclic amines) is 1. The second-order valence-corrected chi connectivity index (χ2v) is 6.93. The monoisotopic (exact) mass is 275 g/mol. The van der Waals surface area contributed by atoms with Gasteiger partial charge in [-0.2, -0.15) is 0 Å². The van der Waals surface area contributed by atoms with E-state index in [-0.39, 0.29) is 11.5 Å². The Morgan fingerprint density at radius 2 is 2.20 bits per heavy atom. The largest absolute Gasteiger partial charge is 0.401 e. The molecule has 0 aromatic rings. The summed E-state index contributed by atoms with van der Waals surface area (Å²) in [6, 6.07) is -0.110. The smallest absolute Gasteiger partial charge is 0.225 e. The average molecular weight is 275 g/mol. The third-order valence-corrected chi connectivity index (χ3v) is 5.09. The predicted molar refractivity (Wildman–Crippen MR) is 79.5 cm³/mol. The first kappa shape index (κ1) is 13.7. The number of amides is 1. The van der Waals surface area contributed by atoms with E-state index in [1.807, 2.05) is 12.2 Å². The second-order valence-electron chi connectivity index (χ2n) is 6.93. The molecule has 2 aliphatic carbocycles. The summed E-state index contributed by atoms with van der Waals surface area (Å²) in [6.07, 6.45) is 10.4. The topological polar surface area (TPSA) is 72.3 Å². The SMILES string of the molecule is CC1(C[C@H]2CCN(C(=O)C3CC3)C2)C=CC=C(N)C1N. The van der Waals surface area contributed by atoms with Crippen molar-refractivity contribution >= 4 is 5.91 Å². The Labute approximate surface area is 120 Å². The Morgan fingerprint density at radius 3 is 2.90 bits per heavy atom. The zero-order chi connectivity index (χ0) is 14.3. The van der Waals surface area contributed by atoms with Crippen LogP contribution in [0.15, 0.2) is 23.9 Å². The normalized spacial score (nSPS) is 37.1. The fourth-order valence-corrected chi connectivity index (χ4v) is 3.57. The van der Waals surface area contributed by atoms with E-state index >= 15 is 0 Å².